The van der Waals surface area contributed by atoms with Gasteiger partial charge in [-0.15, -0.1) is 0 Å². The maximum atomic E-state index is 12.0. The molecule has 1 heterocycles. The van der Waals surface area contributed by atoms with Crippen molar-refractivity contribution in [2.45, 2.75) is 19.4 Å². The van der Waals surface area contributed by atoms with Gasteiger partial charge in [-0.1, -0.05) is 33.6 Å². The summed E-state index contributed by atoms with van der Waals surface area (Å²) in [4.78, 5) is 12.0. The van der Waals surface area contributed by atoms with Crippen LogP contribution in [0.25, 0.3) is 0 Å². The highest BCUT2D eigenvalue weighted by atomic mass is 79.9. The minimum absolute atomic E-state index is 0.0942. The van der Waals surface area contributed by atoms with Gasteiger partial charge in [0, 0.05) is 17.4 Å². The van der Waals surface area contributed by atoms with Crippen molar-refractivity contribution in [3.05, 3.63) is 51.5 Å². The van der Waals surface area contributed by atoms with E-state index in [1.165, 1.54) is 0 Å². The second kappa shape index (κ2) is 9.14. The maximum absolute atomic E-state index is 12.0. The van der Waals surface area contributed by atoms with Crippen LogP contribution < -0.4 is 19.5 Å². The Morgan fingerprint density at radius 1 is 1.23 bits per heavy atom. The smallest absolute Gasteiger partial charge is 0.223 e. The lowest BCUT2D eigenvalue weighted by molar-refractivity contribution is -0.121. The van der Waals surface area contributed by atoms with Crippen molar-refractivity contribution in [1.29, 1.82) is 0 Å². The van der Waals surface area contributed by atoms with Crippen LogP contribution in [-0.2, 0) is 11.3 Å². The van der Waals surface area contributed by atoms with E-state index in [-0.39, 0.29) is 12.3 Å². The van der Waals surface area contributed by atoms with Crippen LogP contribution >= 0.6 is 27.5 Å². The first-order valence-corrected chi connectivity index (χ1v) is 9.52. The molecule has 2 aromatic rings. The first-order chi connectivity index (χ1) is 12.6. The Kier molecular flexibility index (Phi) is 6.63. The van der Waals surface area contributed by atoms with Crippen LogP contribution in [0.4, 0.5) is 0 Å². The van der Waals surface area contributed by atoms with Crippen LogP contribution in [0.2, 0.25) is 5.02 Å². The summed E-state index contributed by atoms with van der Waals surface area (Å²) in [5, 5.41) is 3.36. The van der Waals surface area contributed by atoms with Gasteiger partial charge in [-0.2, -0.15) is 0 Å². The van der Waals surface area contributed by atoms with E-state index in [4.69, 9.17) is 25.8 Å². The van der Waals surface area contributed by atoms with E-state index in [0.29, 0.717) is 42.9 Å². The van der Waals surface area contributed by atoms with E-state index in [1.807, 2.05) is 30.3 Å². The normalized spacial score (nSPS) is 13.0. The number of ether oxygens (including phenoxy) is 3. The van der Waals surface area contributed by atoms with Gasteiger partial charge in [0.2, 0.25) is 5.91 Å². The number of carbonyl (C=O) groups excluding carboxylic acids is 1. The maximum Gasteiger partial charge on any atom is 0.223 e. The van der Waals surface area contributed by atoms with Crippen molar-refractivity contribution < 1.29 is 19.0 Å². The zero-order chi connectivity index (χ0) is 18.4. The average molecular weight is 441 g/mol. The average Bonchev–Trinajstić information content (AvgIpc) is 2.86. The third-order valence-corrected chi connectivity index (χ3v) is 4.52. The predicted molar refractivity (Wildman–Crippen MR) is 103 cm³/mol. The number of hydrogen-bond acceptors (Lipinski definition) is 4. The SMILES string of the molecule is O=C(CCOc1cccc(Br)c1)NCc1cc(Cl)c2c(c1)OCCCO2. The highest BCUT2D eigenvalue weighted by Crippen LogP contribution is 2.37. The summed E-state index contributed by atoms with van der Waals surface area (Å²) >= 11 is 9.64. The molecule has 3 rings (SSSR count). The second-order valence-corrected chi connectivity index (χ2v) is 7.11. The molecule has 0 atom stereocenters. The Morgan fingerprint density at radius 2 is 2.08 bits per heavy atom. The molecule has 0 aliphatic carbocycles. The number of amides is 1. The van der Waals surface area contributed by atoms with Crippen LogP contribution in [0.3, 0.4) is 0 Å². The minimum atomic E-state index is -0.0942. The number of nitrogens with one attached hydrogen (secondary N) is 1. The summed E-state index contributed by atoms with van der Waals surface area (Å²) < 4.78 is 17.8. The Hall–Kier alpha value is -1.92. The molecule has 0 radical (unpaired) electrons. The van der Waals surface area contributed by atoms with E-state index >= 15 is 0 Å². The van der Waals surface area contributed by atoms with E-state index < -0.39 is 0 Å². The van der Waals surface area contributed by atoms with Gasteiger partial charge in [0.1, 0.15) is 5.75 Å². The van der Waals surface area contributed by atoms with Gasteiger partial charge < -0.3 is 19.5 Å². The van der Waals surface area contributed by atoms with Crippen LogP contribution in [0.1, 0.15) is 18.4 Å². The van der Waals surface area contributed by atoms with Crippen LogP contribution in [0.15, 0.2) is 40.9 Å². The fourth-order valence-corrected chi connectivity index (χ4v) is 3.16. The van der Waals surface area contributed by atoms with E-state index in [0.717, 1.165) is 22.2 Å². The quantitative estimate of drug-likeness (QED) is 0.725. The van der Waals surface area contributed by atoms with Crippen molar-refractivity contribution in [3.8, 4) is 17.2 Å². The predicted octanol–water partition coefficient (Wildman–Crippen LogP) is 4.35. The molecule has 1 aliphatic heterocycles. The van der Waals surface area contributed by atoms with Gasteiger partial charge in [-0.25, -0.2) is 0 Å². The number of benzene rings is 2. The molecular weight excluding hydrogens is 422 g/mol. The number of carbonyl (C=O) groups is 1. The highest BCUT2D eigenvalue weighted by molar-refractivity contribution is 9.10. The molecule has 138 valence electrons. The molecule has 0 unspecified atom stereocenters. The number of fused-ring (bicyclic) bond motifs is 1. The molecule has 0 bridgehead atoms. The molecule has 0 fully saturated rings. The summed E-state index contributed by atoms with van der Waals surface area (Å²) in [6.45, 7) is 1.85. The molecular formula is C19H19BrClNO4. The molecule has 0 spiro atoms. The lowest BCUT2D eigenvalue weighted by Gasteiger charge is -2.12. The minimum Gasteiger partial charge on any atom is -0.493 e. The van der Waals surface area contributed by atoms with Crippen molar-refractivity contribution in [1.82, 2.24) is 5.32 Å². The fourth-order valence-electron chi connectivity index (χ4n) is 2.49. The lowest BCUT2D eigenvalue weighted by Crippen LogP contribution is -2.24. The van der Waals surface area contributed by atoms with Gasteiger partial charge in [-0.05, 0) is 35.9 Å². The summed E-state index contributed by atoms with van der Waals surface area (Å²) in [6.07, 6.45) is 1.08. The molecule has 0 saturated heterocycles. The van der Waals surface area contributed by atoms with Gasteiger partial charge >= 0.3 is 0 Å². The van der Waals surface area contributed by atoms with Crippen molar-refractivity contribution in [3.63, 3.8) is 0 Å². The summed E-state index contributed by atoms with van der Waals surface area (Å²) in [5.41, 5.74) is 0.862. The van der Waals surface area contributed by atoms with E-state index in [9.17, 15) is 4.79 Å². The Morgan fingerprint density at radius 3 is 2.92 bits per heavy atom. The molecule has 2 aromatic carbocycles. The summed E-state index contributed by atoms with van der Waals surface area (Å²) in [6, 6.07) is 11.1. The molecule has 0 aromatic heterocycles. The van der Waals surface area contributed by atoms with Crippen LogP contribution in [0, 0.1) is 0 Å². The molecule has 5 nitrogen and oxygen atoms in total. The van der Waals surface area contributed by atoms with Crippen molar-refractivity contribution in [2.24, 2.45) is 0 Å². The molecule has 0 saturated carbocycles. The van der Waals surface area contributed by atoms with Crippen LogP contribution in [-0.4, -0.2) is 25.7 Å². The highest BCUT2D eigenvalue weighted by Gasteiger charge is 2.15. The summed E-state index contributed by atoms with van der Waals surface area (Å²) in [7, 11) is 0. The topological polar surface area (TPSA) is 56.8 Å². The number of rotatable bonds is 6. The van der Waals surface area contributed by atoms with E-state index in [2.05, 4.69) is 21.2 Å². The first-order valence-electron chi connectivity index (χ1n) is 8.35. The fraction of sp³-hybridized carbons (Fsp3) is 0.316. The third kappa shape index (κ3) is 5.29. The summed E-state index contributed by atoms with van der Waals surface area (Å²) in [5.74, 6) is 1.82. The molecule has 7 heteroatoms. The Balaban J connectivity index is 1.48. The lowest BCUT2D eigenvalue weighted by atomic mass is 10.2. The third-order valence-electron chi connectivity index (χ3n) is 3.75. The standard InChI is InChI=1S/C19H19BrClNO4/c20-14-3-1-4-15(11-14)24-8-5-18(23)22-12-13-9-16(21)19-17(10-13)25-6-2-7-26-19/h1,3-4,9-11H,2,5-8,12H2,(H,22,23). The molecule has 1 amide bonds. The van der Waals surface area contributed by atoms with Gasteiger partial charge in [0.25, 0.3) is 0 Å². The second-order valence-electron chi connectivity index (χ2n) is 5.79. The monoisotopic (exact) mass is 439 g/mol. The molecule has 1 N–H and O–H groups in total. The zero-order valence-corrected chi connectivity index (χ0v) is 16.4. The largest absolute Gasteiger partial charge is 0.493 e. The van der Waals surface area contributed by atoms with Crippen molar-refractivity contribution in [2.75, 3.05) is 19.8 Å². The zero-order valence-electron chi connectivity index (χ0n) is 14.1. The van der Waals surface area contributed by atoms with Gasteiger partial charge in [0.15, 0.2) is 11.5 Å². The van der Waals surface area contributed by atoms with Gasteiger partial charge in [-0.3, -0.25) is 4.79 Å². The Labute approximate surface area is 165 Å². The number of hydrogen-bond donors (Lipinski definition) is 1. The van der Waals surface area contributed by atoms with Crippen molar-refractivity contribution >= 4 is 33.4 Å². The molecule has 26 heavy (non-hydrogen) atoms. The Bertz CT molecular complexity index is 784. The van der Waals surface area contributed by atoms with E-state index in [1.54, 1.807) is 6.07 Å². The van der Waals surface area contributed by atoms with Crippen LogP contribution in [0.5, 0.6) is 17.2 Å². The number of halogens is 2. The first kappa shape index (κ1) is 18.9. The van der Waals surface area contributed by atoms with Gasteiger partial charge in [0.05, 0.1) is 31.3 Å². The molecule has 1 aliphatic rings.